The summed E-state index contributed by atoms with van der Waals surface area (Å²) in [6.45, 7) is 0. The molecule has 4 heteroatoms. The summed E-state index contributed by atoms with van der Waals surface area (Å²) in [6, 6.07) is 7.19. The van der Waals surface area contributed by atoms with Crippen molar-refractivity contribution in [2.24, 2.45) is 10.2 Å². The minimum atomic E-state index is -0.436. The topological polar surface area (TPSA) is 51.0 Å². The molecule has 0 saturated carbocycles. The highest BCUT2D eigenvalue weighted by Crippen LogP contribution is 2.26. The first kappa shape index (κ1) is 8.07. The average molecular weight is 176 g/mol. The van der Waals surface area contributed by atoms with Crippen LogP contribution in [0.25, 0.3) is 0 Å². The van der Waals surface area contributed by atoms with Gasteiger partial charge >= 0.3 is 0 Å². The van der Waals surface area contributed by atoms with Gasteiger partial charge in [0.15, 0.2) is 6.23 Å². The molecular formula is C9H8N2O2. The van der Waals surface area contributed by atoms with Crippen LogP contribution in [0.3, 0.4) is 0 Å². The van der Waals surface area contributed by atoms with Crippen molar-refractivity contribution in [3.05, 3.63) is 35.4 Å². The molecule has 0 fully saturated rings. The van der Waals surface area contributed by atoms with Gasteiger partial charge in [-0.15, -0.1) is 10.2 Å². The fourth-order valence-electron chi connectivity index (χ4n) is 1.30. The van der Waals surface area contributed by atoms with Gasteiger partial charge in [-0.1, -0.05) is 18.2 Å². The molecule has 13 heavy (non-hydrogen) atoms. The van der Waals surface area contributed by atoms with Gasteiger partial charge < -0.3 is 4.74 Å². The molecule has 0 saturated heterocycles. The van der Waals surface area contributed by atoms with E-state index in [9.17, 15) is 4.79 Å². The van der Waals surface area contributed by atoms with E-state index in [0.29, 0.717) is 5.56 Å². The van der Waals surface area contributed by atoms with Gasteiger partial charge in [-0.25, -0.2) is 0 Å². The van der Waals surface area contributed by atoms with E-state index in [4.69, 9.17) is 4.74 Å². The Labute approximate surface area is 75.2 Å². The molecule has 0 bridgehead atoms. The molecule has 66 valence electrons. The fourth-order valence-corrected chi connectivity index (χ4v) is 1.30. The van der Waals surface area contributed by atoms with E-state index < -0.39 is 6.23 Å². The maximum atomic E-state index is 11.2. The number of carbonyl (C=O) groups is 1. The van der Waals surface area contributed by atoms with Crippen LogP contribution >= 0.6 is 0 Å². The number of azo groups is 1. The molecule has 1 aromatic carbocycles. The Kier molecular flexibility index (Phi) is 1.90. The highest BCUT2D eigenvalue weighted by atomic mass is 16.5. The zero-order valence-corrected chi connectivity index (χ0v) is 7.10. The summed E-state index contributed by atoms with van der Waals surface area (Å²) in [6.07, 6.45) is -0.436. The van der Waals surface area contributed by atoms with Crippen molar-refractivity contribution < 1.29 is 9.53 Å². The molecule has 4 nitrogen and oxygen atoms in total. The van der Waals surface area contributed by atoms with Crippen LogP contribution in [0.15, 0.2) is 34.5 Å². The lowest BCUT2D eigenvalue weighted by molar-refractivity contribution is 0.0835. The second-order valence-electron chi connectivity index (χ2n) is 2.70. The molecule has 1 heterocycles. The third kappa shape index (κ3) is 1.25. The van der Waals surface area contributed by atoms with Crippen molar-refractivity contribution >= 4 is 5.91 Å². The molecule has 1 amide bonds. The number of methoxy groups -OCH3 is 1. The largest absolute Gasteiger partial charge is 0.354 e. The van der Waals surface area contributed by atoms with Crippen molar-refractivity contribution in [2.45, 2.75) is 6.23 Å². The Morgan fingerprint density at radius 2 is 2.15 bits per heavy atom. The lowest BCUT2D eigenvalue weighted by Gasteiger charge is -2.15. The number of ether oxygens (including phenoxy) is 1. The van der Waals surface area contributed by atoms with Crippen molar-refractivity contribution in [3.63, 3.8) is 0 Å². The molecule has 1 aliphatic heterocycles. The van der Waals surface area contributed by atoms with Gasteiger partial charge in [0.1, 0.15) is 0 Å². The quantitative estimate of drug-likeness (QED) is 0.656. The SMILES string of the molecule is COC1N=NC(=O)c2ccccc21. The van der Waals surface area contributed by atoms with Gasteiger partial charge in [0.05, 0.1) is 5.56 Å². The van der Waals surface area contributed by atoms with Crippen LogP contribution in [-0.2, 0) is 4.74 Å². The Balaban J connectivity index is 2.54. The van der Waals surface area contributed by atoms with Gasteiger partial charge in [0, 0.05) is 12.7 Å². The summed E-state index contributed by atoms with van der Waals surface area (Å²) in [4.78, 5) is 11.2. The summed E-state index contributed by atoms with van der Waals surface area (Å²) in [5, 5.41) is 7.21. The molecule has 0 aromatic heterocycles. The second kappa shape index (κ2) is 3.06. The summed E-state index contributed by atoms with van der Waals surface area (Å²) >= 11 is 0. The van der Waals surface area contributed by atoms with Crippen LogP contribution in [-0.4, -0.2) is 13.0 Å². The Morgan fingerprint density at radius 1 is 1.38 bits per heavy atom. The van der Waals surface area contributed by atoms with Gasteiger partial charge in [-0.3, -0.25) is 4.79 Å². The van der Waals surface area contributed by atoms with E-state index in [1.165, 1.54) is 7.11 Å². The summed E-state index contributed by atoms with van der Waals surface area (Å²) in [5.74, 6) is -0.302. The number of hydrogen-bond donors (Lipinski definition) is 0. The van der Waals surface area contributed by atoms with Gasteiger partial charge in [0.25, 0.3) is 5.91 Å². The first-order chi connectivity index (χ1) is 6.33. The van der Waals surface area contributed by atoms with Crippen LogP contribution < -0.4 is 0 Å². The van der Waals surface area contributed by atoms with E-state index >= 15 is 0 Å². The van der Waals surface area contributed by atoms with Crippen molar-refractivity contribution in [1.82, 2.24) is 0 Å². The van der Waals surface area contributed by atoms with Crippen LogP contribution in [0.1, 0.15) is 22.1 Å². The van der Waals surface area contributed by atoms with Gasteiger partial charge in [-0.2, -0.15) is 0 Å². The monoisotopic (exact) mass is 176 g/mol. The molecule has 0 spiro atoms. The third-order valence-electron chi connectivity index (χ3n) is 1.93. The minimum absolute atomic E-state index is 0.302. The van der Waals surface area contributed by atoms with Crippen molar-refractivity contribution in [2.75, 3.05) is 7.11 Å². The van der Waals surface area contributed by atoms with E-state index in [2.05, 4.69) is 10.2 Å². The van der Waals surface area contributed by atoms with Gasteiger partial charge in [0.2, 0.25) is 0 Å². The molecule has 1 aromatic rings. The lowest BCUT2D eigenvalue weighted by atomic mass is 10.1. The number of benzene rings is 1. The normalized spacial score (nSPS) is 20.1. The Morgan fingerprint density at radius 3 is 2.92 bits per heavy atom. The first-order valence-electron chi connectivity index (χ1n) is 3.90. The minimum Gasteiger partial charge on any atom is -0.354 e. The predicted molar refractivity (Wildman–Crippen MR) is 45.4 cm³/mol. The summed E-state index contributed by atoms with van der Waals surface area (Å²) in [7, 11) is 1.54. The summed E-state index contributed by atoms with van der Waals surface area (Å²) in [5.41, 5.74) is 1.36. The molecular weight excluding hydrogens is 168 g/mol. The zero-order chi connectivity index (χ0) is 9.26. The van der Waals surface area contributed by atoms with Crippen LogP contribution in [0.4, 0.5) is 0 Å². The lowest BCUT2D eigenvalue weighted by Crippen LogP contribution is -2.10. The molecule has 0 N–H and O–H groups in total. The number of hydrogen-bond acceptors (Lipinski definition) is 3. The molecule has 2 rings (SSSR count). The molecule has 0 aliphatic carbocycles. The molecule has 1 unspecified atom stereocenters. The predicted octanol–water partition coefficient (Wildman–Crippen LogP) is 1.94. The first-order valence-corrected chi connectivity index (χ1v) is 3.90. The number of rotatable bonds is 1. The number of nitrogens with zero attached hydrogens (tertiary/aromatic N) is 2. The van der Waals surface area contributed by atoms with Crippen molar-refractivity contribution in [3.8, 4) is 0 Å². The standard InChI is InChI=1S/C9H8N2O2/c1-13-9-7-5-3-2-4-6(7)8(12)10-11-9/h2-5,9H,1H3. The Bertz CT molecular complexity index is 374. The number of carbonyl (C=O) groups excluding carboxylic acids is 1. The molecule has 1 aliphatic rings. The van der Waals surface area contributed by atoms with Crippen LogP contribution in [0.2, 0.25) is 0 Å². The maximum Gasteiger partial charge on any atom is 0.295 e. The smallest absolute Gasteiger partial charge is 0.295 e. The highest BCUT2D eigenvalue weighted by molar-refractivity contribution is 5.96. The van der Waals surface area contributed by atoms with E-state index in [0.717, 1.165) is 5.56 Å². The number of fused-ring (bicyclic) bond motifs is 1. The van der Waals surface area contributed by atoms with E-state index in [1.807, 2.05) is 12.1 Å². The fraction of sp³-hybridized carbons (Fsp3) is 0.222. The summed E-state index contributed by atoms with van der Waals surface area (Å²) < 4.78 is 5.05. The Hall–Kier alpha value is -1.55. The van der Waals surface area contributed by atoms with E-state index in [-0.39, 0.29) is 5.91 Å². The van der Waals surface area contributed by atoms with Crippen LogP contribution in [0.5, 0.6) is 0 Å². The molecule has 0 radical (unpaired) electrons. The number of amides is 1. The second-order valence-corrected chi connectivity index (χ2v) is 2.70. The molecule has 1 atom stereocenters. The van der Waals surface area contributed by atoms with E-state index in [1.54, 1.807) is 12.1 Å². The maximum absolute atomic E-state index is 11.2. The third-order valence-corrected chi connectivity index (χ3v) is 1.93. The van der Waals surface area contributed by atoms with Crippen molar-refractivity contribution in [1.29, 1.82) is 0 Å². The van der Waals surface area contributed by atoms with Gasteiger partial charge in [-0.05, 0) is 6.07 Å². The highest BCUT2D eigenvalue weighted by Gasteiger charge is 2.22. The average Bonchev–Trinajstić information content (AvgIpc) is 2.19. The van der Waals surface area contributed by atoms with Crippen LogP contribution in [0, 0.1) is 0 Å². The zero-order valence-electron chi connectivity index (χ0n) is 7.10.